The summed E-state index contributed by atoms with van der Waals surface area (Å²) < 4.78 is 0. The van der Waals surface area contributed by atoms with Crippen LogP contribution in [0, 0.1) is 25.7 Å². The maximum absolute atomic E-state index is 12.6. The lowest BCUT2D eigenvalue weighted by molar-refractivity contribution is -0.125. The van der Waals surface area contributed by atoms with Crippen molar-refractivity contribution >= 4 is 33.3 Å². The van der Waals surface area contributed by atoms with Gasteiger partial charge < -0.3 is 15.1 Å². The molecule has 29 heavy (non-hydrogen) atoms. The maximum atomic E-state index is 12.6. The molecule has 0 unspecified atom stereocenters. The van der Waals surface area contributed by atoms with Crippen molar-refractivity contribution in [3.05, 3.63) is 16.8 Å². The third-order valence-electron chi connectivity index (χ3n) is 6.80. The van der Waals surface area contributed by atoms with Crippen LogP contribution >= 0.6 is 11.3 Å². The summed E-state index contributed by atoms with van der Waals surface area (Å²) in [6, 6.07) is 0. The lowest BCUT2D eigenvalue weighted by Gasteiger charge is -2.33. The Bertz CT molecular complexity index is 850. The zero-order valence-electron chi connectivity index (χ0n) is 17.9. The molecule has 2 aromatic rings. The van der Waals surface area contributed by atoms with E-state index >= 15 is 0 Å². The number of aryl methyl sites for hydroxylation is 2. The Morgan fingerprint density at radius 3 is 2.59 bits per heavy atom. The molecular formula is C22H33N5OS. The van der Waals surface area contributed by atoms with Gasteiger partial charge in [-0.2, -0.15) is 0 Å². The van der Waals surface area contributed by atoms with Gasteiger partial charge in [0.2, 0.25) is 5.91 Å². The Hall–Kier alpha value is -1.73. The molecule has 2 fully saturated rings. The van der Waals surface area contributed by atoms with Gasteiger partial charge >= 0.3 is 0 Å². The number of fused-ring (bicyclic) bond motifs is 1. The summed E-state index contributed by atoms with van der Waals surface area (Å²) in [5, 5.41) is 4.40. The quantitative estimate of drug-likeness (QED) is 0.811. The minimum atomic E-state index is 0.131. The predicted octanol–water partition coefficient (Wildman–Crippen LogP) is 3.37. The van der Waals surface area contributed by atoms with Crippen molar-refractivity contribution < 1.29 is 4.79 Å². The van der Waals surface area contributed by atoms with Crippen LogP contribution in [-0.2, 0) is 4.79 Å². The second kappa shape index (κ2) is 8.96. The van der Waals surface area contributed by atoms with Crippen molar-refractivity contribution in [1.82, 2.24) is 20.2 Å². The van der Waals surface area contributed by atoms with Gasteiger partial charge in [0.05, 0.1) is 5.39 Å². The Labute approximate surface area is 177 Å². The highest BCUT2D eigenvalue weighted by molar-refractivity contribution is 7.18. The van der Waals surface area contributed by atoms with Crippen LogP contribution < -0.4 is 10.2 Å². The fraction of sp³-hybridized carbons (Fsp3) is 0.682. The number of nitrogens with one attached hydrogen (secondary N) is 1. The molecule has 4 rings (SSSR count). The summed E-state index contributed by atoms with van der Waals surface area (Å²) >= 11 is 1.74. The van der Waals surface area contributed by atoms with Gasteiger partial charge in [-0.25, -0.2) is 9.97 Å². The smallest absolute Gasteiger partial charge is 0.223 e. The van der Waals surface area contributed by atoms with Crippen molar-refractivity contribution in [2.24, 2.45) is 11.8 Å². The molecule has 0 atom stereocenters. The molecule has 2 aromatic heterocycles. The molecule has 2 aliphatic heterocycles. The van der Waals surface area contributed by atoms with E-state index in [2.05, 4.69) is 46.0 Å². The first kappa shape index (κ1) is 20.5. The van der Waals surface area contributed by atoms with Gasteiger partial charge in [-0.15, -0.1) is 11.3 Å². The number of piperidine rings is 2. The molecule has 1 N–H and O–H groups in total. The fourth-order valence-corrected chi connectivity index (χ4v) is 5.64. The predicted molar refractivity (Wildman–Crippen MR) is 120 cm³/mol. The van der Waals surface area contributed by atoms with Crippen molar-refractivity contribution in [2.75, 3.05) is 44.7 Å². The molecule has 158 valence electrons. The average molecular weight is 416 g/mol. The van der Waals surface area contributed by atoms with Gasteiger partial charge in [-0.3, -0.25) is 4.79 Å². The Kier molecular flexibility index (Phi) is 6.35. The molecule has 0 aliphatic carbocycles. The highest BCUT2D eigenvalue weighted by atomic mass is 32.1. The minimum Gasteiger partial charge on any atom is -0.356 e. The number of likely N-dealkylation sites (tertiary alicyclic amines) is 1. The highest BCUT2D eigenvalue weighted by Crippen LogP contribution is 2.35. The van der Waals surface area contributed by atoms with E-state index in [0.717, 1.165) is 55.5 Å². The van der Waals surface area contributed by atoms with E-state index in [0.29, 0.717) is 0 Å². The first-order valence-corrected chi connectivity index (χ1v) is 11.8. The van der Waals surface area contributed by atoms with Crippen LogP contribution in [-0.4, -0.2) is 60.5 Å². The summed E-state index contributed by atoms with van der Waals surface area (Å²) in [6.45, 7) is 9.28. The summed E-state index contributed by atoms with van der Waals surface area (Å²) in [5.74, 6) is 2.18. The Morgan fingerprint density at radius 2 is 1.86 bits per heavy atom. The van der Waals surface area contributed by atoms with Gasteiger partial charge in [-0.05, 0) is 77.6 Å². The number of anilines is 1. The minimum absolute atomic E-state index is 0.131. The second-order valence-electron chi connectivity index (χ2n) is 8.75. The molecule has 0 radical (unpaired) electrons. The van der Waals surface area contributed by atoms with Gasteiger partial charge in [0.15, 0.2) is 0 Å². The van der Waals surface area contributed by atoms with E-state index < -0.39 is 0 Å². The van der Waals surface area contributed by atoms with E-state index in [9.17, 15) is 4.79 Å². The molecule has 0 saturated carbocycles. The third-order valence-corrected chi connectivity index (χ3v) is 7.92. The first-order valence-electron chi connectivity index (χ1n) is 10.9. The summed E-state index contributed by atoms with van der Waals surface area (Å²) in [5.41, 5.74) is 1.29. The Balaban J connectivity index is 1.28. The van der Waals surface area contributed by atoms with E-state index in [1.54, 1.807) is 17.7 Å². The van der Waals surface area contributed by atoms with E-state index in [1.807, 2.05) is 0 Å². The largest absolute Gasteiger partial charge is 0.356 e. The number of nitrogens with zero attached hydrogens (tertiary/aromatic N) is 4. The lowest BCUT2D eigenvalue weighted by atomic mass is 9.93. The fourth-order valence-electron chi connectivity index (χ4n) is 4.65. The first-order chi connectivity index (χ1) is 14.0. The van der Waals surface area contributed by atoms with E-state index in [1.165, 1.54) is 41.8 Å². The third kappa shape index (κ3) is 4.56. The number of amides is 1. The summed E-state index contributed by atoms with van der Waals surface area (Å²) in [7, 11) is 2.19. The molecule has 1 amide bonds. The molecule has 4 heterocycles. The van der Waals surface area contributed by atoms with Crippen LogP contribution in [0.15, 0.2) is 6.33 Å². The molecule has 2 saturated heterocycles. The van der Waals surface area contributed by atoms with E-state index in [4.69, 9.17) is 0 Å². The number of rotatable bonds is 5. The summed E-state index contributed by atoms with van der Waals surface area (Å²) in [6.07, 6.45) is 7.11. The van der Waals surface area contributed by atoms with Gasteiger partial charge in [0.25, 0.3) is 0 Å². The molecule has 0 bridgehead atoms. The number of hydrogen-bond acceptors (Lipinski definition) is 6. The van der Waals surface area contributed by atoms with Crippen molar-refractivity contribution in [1.29, 1.82) is 0 Å². The van der Waals surface area contributed by atoms with Crippen molar-refractivity contribution in [3.63, 3.8) is 0 Å². The van der Waals surface area contributed by atoms with Crippen LogP contribution in [0.2, 0.25) is 0 Å². The average Bonchev–Trinajstić information content (AvgIpc) is 3.03. The standard InChI is InChI=1S/C22H33N5OS/c1-15-16(2)29-22-19(15)20(24-14-25-22)27-12-7-18(8-13-27)21(28)23-9-4-17-5-10-26(3)11-6-17/h14,17-18H,4-13H2,1-3H3,(H,23,28). The van der Waals surface area contributed by atoms with Crippen molar-refractivity contribution in [3.8, 4) is 0 Å². The number of carbonyl (C=O) groups excluding carboxylic acids is 1. The van der Waals surface area contributed by atoms with Gasteiger partial charge in [0, 0.05) is 30.4 Å². The highest BCUT2D eigenvalue weighted by Gasteiger charge is 2.27. The van der Waals surface area contributed by atoms with Gasteiger partial charge in [0.1, 0.15) is 17.0 Å². The van der Waals surface area contributed by atoms with Crippen LogP contribution in [0.5, 0.6) is 0 Å². The molecule has 0 aromatic carbocycles. The molecule has 6 nitrogen and oxygen atoms in total. The van der Waals surface area contributed by atoms with Crippen LogP contribution in [0.3, 0.4) is 0 Å². The molecule has 7 heteroatoms. The molecule has 2 aliphatic rings. The molecule has 0 spiro atoms. The summed E-state index contributed by atoms with van der Waals surface area (Å²) in [4.78, 5) is 28.8. The zero-order chi connectivity index (χ0) is 20.4. The van der Waals surface area contributed by atoms with Crippen LogP contribution in [0.1, 0.15) is 42.5 Å². The lowest BCUT2D eigenvalue weighted by Crippen LogP contribution is -2.41. The van der Waals surface area contributed by atoms with Gasteiger partial charge in [-0.1, -0.05) is 0 Å². The number of hydrogen-bond donors (Lipinski definition) is 1. The maximum Gasteiger partial charge on any atom is 0.223 e. The van der Waals surface area contributed by atoms with Crippen LogP contribution in [0.25, 0.3) is 10.2 Å². The number of aromatic nitrogens is 2. The number of thiophene rings is 1. The monoisotopic (exact) mass is 415 g/mol. The Morgan fingerprint density at radius 1 is 1.14 bits per heavy atom. The van der Waals surface area contributed by atoms with Crippen molar-refractivity contribution in [2.45, 2.75) is 46.0 Å². The normalized spacial score (nSPS) is 19.8. The number of carbonyl (C=O) groups is 1. The van der Waals surface area contributed by atoms with Crippen LogP contribution in [0.4, 0.5) is 5.82 Å². The second-order valence-corrected chi connectivity index (χ2v) is 9.95. The zero-order valence-corrected chi connectivity index (χ0v) is 18.7. The van der Waals surface area contributed by atoms with E-state index in [-0.39, 0.29) is 11.8 Å². The topological polar surface area (TPSA) is 61.4 Å². The molecular weight excluding hydrogens is 382 g/mol. The SMILES string of the molecule is Cc1sc2ncnc(N3CCC(C(=O)NCCC4CCN(C)CC4)CC3)c2c1C.